The first-order valence-corrected chi connectivity index (χ1v) is 10.9. The fourth-order valence-electron chi connectivity index (χ4n) is 4.10. The van der Waals surface area contributed by atoms with Crippen LogP contribution < -0.4 is 10.3 Å². The molecule has 0 radical (unpaired) electrons. The molecule has 1 unspecified atom stereocenters. The maximum Gasteiger partial charge on any atom is 0.260 e. The first kappa shape index (κ1) is 21.4. The standard InChI is InChI=1S/C24H22ClFN6O/c1-30-13-17(10-29-30)16-4-7-23-28-12-21(32(23)14-16)15-3-6-19(20(25)9-15)24(33)31(2)22-8-5-18(26)11-27-22/h4-9,11-15,29H,3,10H2,1-2H3. The van der Waals surface area contributed by atoms with E-state index < -0.39 is 5.82 Å². The number of fused-ring (bicyclic) bond motifs is 1. The van der Waals surface area contributed by atoms with E-state index in [1.54, 1.807) is 7.05 Å². The van der Waals surface area contributed by atoms with E-state index in [9.17, 15) is 9.18 Å². The summed E-state index contributed by atoms with van der Waals surface area (Å²) in [5, 5.41) is 2.32. The molecule has 2 aliphatic rings. The van der Waals surface area contributed by atoms with E-state index >= 15 is 0 Å². The van der Waals surface area contributed by atoms with Gasteiger partial charge in [-0.2, -0.15) is 0 Å². The summed E-state index contributed by atoms with van der Waals surface area (Å²) in [6.45, 7) is 0.770. The Morgan fingerprint density at radius 2 is 2.09 bits per heavy atom. The van der Waals surface area contributed by atoms with Gasteiger partial charge in [-0.15, -0.1) is 0 Å². The number of halogens is 2. The Balaban J connectivity index is 1.40. The van der Waals surface area contributed by atoms with Crippen molar-refractivity contribution in [2.45, 2.75) is 12.3 Å². The Morgan fingerprint density at radius 1 is 1.24 bits per heavy atom. The Hall–Kier alpha value is -3.49. The van der Waals surface area contributed by atoms with Gasteiger partial charge >= 0.3 is 0 Å². The predicted octanol–water partition coefficient (Wildman–Crippen LogP) is 3.86. The molecule has 1 N–H and O–H groups in total. The lowest BCUT2D eigenvalue weighted by molar-refractivity contribution is -0.114. The summed E-state index contributed by atoms with van der Waals surface area (Å²) in [6, 6.07) is 6.80. The quantitative estimate of drug-likeness (QED) is 0.635. The van der Waals surface area contributed by atoms with Gasteiger partial charge < -0.3 is 9.41 Å². The number of hydrazine groups is 1. The van der Waals surface area contributed by atoms with Gasteiger partial charge in [0.25, 0.3) is 5.91 Å². The van der Waals surface area contributed by atoms with Crippen molar-refractivity contribution in [3.63, 3.8) is 0 Å². The molecule has 3 aromatic rings. The molecule has 0 saturated heterocycles. The van der Waals surface area contributed by atoms with Crippen LogP contribution in [0.15, 0.2) is 71.8 Å². The minimum atomic E-state index is -0.457. The van der Waals surface area contributed by atoms with Crippen molar-refractivity contribution in [1.29, 1.82) is 0 Å². The summed E-state index contributed by atoms with van der Waals surface area (Å²) in [7, 11) is 3.56. The number of rotatable bonds is 4. The number of allylic oxidation sites excluding steroid dienone is 2. The third kappa shape index (κ3) is 4.03. The third-order valence-electron chi connectivity index (χ3n) is 5.92. The zero-order valence-electron chi connectivity index (χ0n) is 18.2. The normalized spacial score (nSPS) is 18.2. The number of imidazole rings is 1. The van der Waals surface area contributed by atoms with E-state index in [0.717, 1.165) is 29.6 Å². The highest BCUT2D eigenvalue weighted by molar-refractivity contribution is 6.36. The zero-order chi connectivity index (χ0) is 23.1. The maximum absolute atomic E-state index is 13.2. The molecule has 1 aliphatic carbocycles. The zero-order valence-corrected chi connectivity index (χ0v) is 18.9. The molecule has 4 heterocycles. The van der Waals surface area contributed by atoms with Gasteiger partial charge in [0.1, 0.15) is 17.3 Å². The van der Waals surface area contributed by atoms with Crippen molar-refractivity contribution in [2.75, 3.05) is 25.5 Å². The van der Waals surface area contributed by atoms with Gasteiger partial charge in [0.05, 0.1) is 11.8 Å². The van der Waals surface area contributed by atoms with E-state index in [0.29, 0.717) is 22.8 Å². The summed E-state index contributed by atoms with van der Waals surface area (Å²) >= 11 is 6.56. The molecule has 33 heavy (non-hydrogen) atoms. The topological polar surface area (TPSA) is 65.8 Å². The Morgan fingerprint density at radius 3 is 2.79 bits per heavy atom. The lowest BCUT2D eigenvalue weighted by Gasteiger charge is -2.22. The second kappa shape index (κ2) is 8.46. The SMILES string of the molecule is CN1C=C(c2ccc3ncc(C4C=C(Cl)C(C(=O)N(C)c5ccc(F)cn5)=CC4)n3c2)CN1. The lowest BCUT2D eigenvalue weighted by atomic mass is 9.93. The summed E-state index contributed by atoms with van der Waals surface area (Å²) < 4.78 is 15.2. The molecule has 0 bridgehead atoms. The number of hydrogen-bond acceptors (Lipinski definition) is 5. The smallest absolute Gasteiger partial charge is 0.260 e. The average molecular weight is 465 g/mol. The molecular weight excluding hydrogens is 443 g/mol. The number of hydrogen-bond donors (Lipinski definition) is 1. The molecule has 1 aliphatic heterocycles. The van der Waals surface area contributed by atoms with Crippen LogP contribution in [0.3, 0.4) is 0 Å². The van der Waals surface area contributed by atoms with Crippen LogP contribution in [0.4, 0.5) is 10.2 Å². The van der Waals surface area contributed by atoms with Gasteiger partial charge in [-0.05, 0) is 41.8 Å². The van der Waals surface area contributed by atoms with E-state index in [1.165, 1.54) is 22.6 Å². The number of amides is 1. The average Bonchev–Trinajstić information content (AvgIpc) is 3.44. The lowest BCUT2D eigenvalue weighted by Crippen LogP contribution is -2.29. The molecule has 9 heteroatoms. The van der Waals surface area contributed by atoms with Crippen LogP contribution in [0, 0.1) is 5.82 Å². The second-order valence-corrected chi connectivity index (χ2v) is 8.51. The van der Waals surface area contributed by atoms with Gasteiger partial charge in [0.2, 0.25) is 0 Å². The molecule has 1 atom stereocenters. The second-order valence-electron chi connectivity index (χ2n) is 8.10. The van der Waals surface area contributed by atoms with Crippen molar-refractivity contribution in [3.8, 4) is 0 Å². The van der Waals surface area contributed by atoms with Crippen molar-refractivity contribution in [3.05, 3.63) is 88.9 Å². The highest BCUT2D eigenvalue weighted by Gasteiger charge is 2.26. The predicted molar refractivity (Wildman–Crippen MR) is 126 cm³/mol. The number of carbonyl (C=O) groups is 1. The molecule has 0 aromatic carbocycles. The monoisotopic (exact) mass is 464 g/mol. The molecular formula is C24H22ClFN6O. The summed E-state index contributed by atoms with van der Waals surface area (Å²) in [5.74, 6) is -0.420. The van der Waals surface area contributed by atoms with Gasteiger partial charge in [-0.3, -0.25) is 9.69 Å². The first-order valence-electron chi connectivity index (χ1n) is 10.5. The van der Waals surface area contributed by atoms with Crippen molar-refractivity contribution < 1.29 is 9.18 Å². The van der Waals surface area contributed by atoms with Crippen molar-refractivity contribution in [1.82, 2.24) is 24.8 Å². The van der Waals surface area contributed by atoms with Gasteiger partial charge in [0.15, 0.2) is 0 Å². The molecule has 3 aromatic heterocycles. The van der Waals surface area contributed by atoms with Crippen molar-refractivity contribution >= 4 is 34.5 Å². The summed E-state index contributed by atoms with van der Waals surface area (Å²) in [6.07, 6.45) is 11.4. The molecule has 1 amide bonds. The summed E-state index contributed by atoms with van der Waals surface area (Å²) in [4.78, 5) is 22.9. The minimum absolute atomic E-state index is 0.0214. The molecule has 7 nitrogen and oxygen atoms in total. The molecule has 5 rings (SSSR count). The number of nitrogens with zero attached hydrogens (tertiary/aromatic N) is 5. The van der Waals surface area contributed by atoms with Gasteiger partial charge in [0, 0.05) is 55.9 Å². The Labute approximate surface area is 195 Å². The van der Waals surface area contributed by atoms with E-state index in [-0.39, 0.29) is 11.8 Å². The fourth-order valence-corrected chi connectivity index (χ4v) is 4.41. The van der Waals surface area contributed by atoms with Crippen LogP contribution in [-0.2, 0) is 4.79 Å². The molecule has 0 fully saturated rings. The highest BCUT2D eigenvalue weighted by atomic mass is 35.5. The Bertz CT molecular complexity index is 1330. The van der Waals surface area contributed by atoms with Crippen LogP contribution in [0.2, 0.25) is 0 Å². The van der Waals surface area contributed by atoms with Crippen LogP contribution >= 0.6 is 11.6 Å². The first-order chi connectivity index (χ1) is 15.9. The molecule has 0 spiro atoms. The maximum atomic E-state index is 13.2. The van der Waals surface area contributed by atoms with E-state index in [1.807, 2.05) is 36.5 Å². The number of nitrogens with one attached hydrogen (secondary N) is 1. The number of pyridine rings is 2. The number of anilines is 1. The molecule has 0 saturated carbocycles. The van der Waals surface area contributed by atoms with Crippen LogP contribution in [0.5, 0.6) is 0 Å². The van der Waals surface area contributed by atoms with Gasteiger partial charge in [-0.25, -0.2) is 19.8 Å². The number of aromatic nitrogens is 3. The fraction of sp³-hybridized carbons (Fsp3) is 0.208. The number of likely N-dealkylation sites (N-methyl/N-ethyl adjacent to an activating group) is 1. The summed E-state index contributed by atoms with van der Waals surface area (Å²) in [5.41, 5.74) is 7.82. The van der Waals surface area contributed by atoms with E-state index in [4.69, 9.17) is 11.6 Å². The van der Waals surface area contributed by atoms with Crippen LogP contribution in [-0.4, -0.2) is 45.9 Å². The minimum Gasteiger partial charge on any atom is -0.318 e. The van der Waals surface area contributed by atoms with Crippen molar-refractivity contribution in [2.24, 2.45) is 0 Å². The van der Waals surface area contributed by atoms with E-state index in [2.05, 4.69) is 38.3 Å². The van der Waals surface area contributed by atoms with Gasteiger partial charge in [-0.1, -0.05) is 23.8 Å². The highest BCUT2D eigenvalue weighted by Crippen LogP contribution is 2.34. The largest absolute Gasteiger partial charge is 0.318 e. The third-order valence-corrected chi connectivity index (χ3v) is 6.25. The molecule has 168 valence electrons. The Kier molecular flexibility index (Phi) is 5.47. The van der Waals surface area contributed by atoms with Crippen LogP contribution in [0.25, 0.3) is 11.2 Å². The number of carbonyl (C=O) groups excluding carboxylic acids is 1. The van der Waals surface area contributed by atoms with Crippen LogP contribution in [0.1, 0.15) is 23.6 Å².